The fraction of sp³-hybridized carbons (Fsp3) is 0.636. The van der Waals surface area contributed by atoms with Gasteiger partial charge in [0.2, 0.25) is 0 Å². The van der Waals surface area contributed by atoms with E-state index in [0.29, 0.717) is 0 Å². The first-order chi connectivity index (χ1) is 15.4. The van der Waals surface area contributed by atoms with Crippen LogP contribution in [-0.4, -0.2) is 18.6 Å². The molecule has 2 aliphatic rings. The van der Waals surface area contributed by atoms with Crippen molar-refractivity contribution < 1.29 is 32.8 Å². The quantitative estimate of drug-likeness (QED) is 0.169. The molecule has 190 valence electrons. The molecule has 0 atom stereocenters. The van der Waals surface area contributed by atoms with E-state index in [0.717, 1.165) is 11.3 Å². The first-order valence-electron chi connectivity index (χ1n) is 11.6. The number of halogens is 8. The molecular weight excluding hydrogens is 615 g/mol. The Kier molecular flexibility index (Phi) is 16.5. The summed E-state index contributed by atoms with van der Waals surface area (Å²) in [6.45, 7) is 2.40. The van der Waals surface area contributed by atoms with Crippen molar-refractivity contribution in [2.24, 2.45) is 0 Å². The summed E-state index contributed by atoms with van der Waals surface area (Å²) in [7, 11) is 14.2. The van der Waals surface area contributed by atoms with Crippen molar-refractivity contribution in [3.8, 4) is 0 Å². The Morgan fingerprint density at radius 1 is 0.848 bits per heavy atom. The molecule has 1 aromatic rings. The Labute approximate surface area is 216 Å². The Bertz CT molecular complexity index is 635. The van der Waals surface area contributed by atoms with Gasteiger partial charge in [-0.1, -0.05) is 89.8 Å². The summed E-state index contributed by atoms with van der Waals surface area (Å²) in [6.07, 6.45) is 18.8. The number of hydrogen-bond donors (Lipinski definition) is 0. The minimum absolute atomic E-state index is 0.0769. The molecule has 0 aliphatic heterocycles. The summed E-state index contributed by atoms with van der Waals surface area (Å²) < 4.78 is 39.0. The van der Waals surface area contributed by atoms with E-state index in [2.05, 4.69) is 43.3 Å². The molecule has 2 fully saturated rings. The van der Waals surface area contributed by atoms with Gasteiger partial charge in [0.1, 0.15) is 0 Å². The Balaban J connectivity index is 0.000000460. The van der Waals surface area contributed by atoms with Crippen molar-refractivity contribution in [2.45, 2.75) is 88.9 Å². The van der Waals surface area contributed by atoms with Gasteiger partial charge in [0.25, 0.3) is 0 Å². The first-order valence-corrected chi connectivity index (χ1v) is 25.7. The molecule has 2 aliphatic carbocycles. The third-order valence-electron chi connectivity index (χ3n) is 5.76. The Morgan fingerprint density at radius 3 is 1.55 bits per heavy atom. The van der Waals surface area contributed by atoms with Gasteiger partial charge in [-0.15, -0.1) is 0 Å². The molecule has 0 radical (unpaired) electrons. The van der Waals surface area contributed by atoms with Crippen molar-refractivity contribution >= 4 is 55.3 Å². The van der Waals surface area contributed by atoms with Crippen LogP contribution >= 0.6 is 42.0 Å². The van der Waals surface area contributed by atoms with Crippen molar-refractivity contribution in [2.75, 3.05) is 0 Å². The monoisotopic (exact) mass is 645 g/mol. The summed E-state index contributed by atoms with van der Waals surface area (Å²) in [4.78, 5) is 0. The van der Waals surface area contributed by atoms with Crippen LogP contribution in [0.2, 0.25) is 0 Å². The van der Waals surface area contributed by atoms with Gasteiger partial charge in [0.15, 0.2) is 0 Å². The van der Waals surface area contributed by atoms with E-state index in [4.69, 9.17) is 34.1 Å². The molecule has 0 bridgehead atoms. The maximum absolute atomic E-state index is 9.75. The third kappa shape index (κ3) is 17.3. The zero-order valence-electron chi connectivity index (χ0n) is 18.9. The molecule has 0 aromatic heterocycles. The van der Waals surface area contributed by atoms with Crippen LogP contribution < -0.4 is 0 Å². The Hall–Kier alpha value is 1.22. The third-order valence-corrected chi connectivity index (χ3v) is 9.48. The van der Waals surface area contributed by atoms with E-state index in [1.165, 1.54) is 76.2 Å². The number of hydrogen-bond acceptors (Lipinski definition) is 0. The van der Waals surface area contributed by atoms with Crippen molar-refractivity contribution in [3.63, 3.8) is 0 Å². The fourth-order valence-electron chi connectivity index (χ4n) is 4.59. The van der Waals surface area contributed by atoms with Crippen molar-refractivity contribution in [3.05, 3.63) is 41.2 Å². The summed E-state index contributed by atoms with van der Waals surface area (Å²) >= 11 is -3.29. The van der Waals surface area contributed by atoms with Gasteiger partial charge in [-0.2, -0.15) is 0 Å². The van der Waals surface area contributed by atoms with Gasteiger partial charge >= 0.3 is 56.8 Å². The van der Waals surface area contributed by atoms with E-state index in [-0.39, 0.29) is 7.92 Å². The van der Waals surface area contributed by atoms with Gasteiger partial charge in [-0.05, 0) is 54.3 Å². The number of benzene rings is 1. The van der Waals surface area contributed by atoms with E-state index in [1.54, 1.807) is 0 Å². The van der Waals surface area contributed by atoms with Crippen LogP contribution in [0.1, 0.15) is 83.1 Å². The molecule has 0 saturated heterocycles. The molecule has 2 saturated carbocycles. The van der Waals surface area contributed by atoms with Crippen LogP contribution in [0.3, 0.4) is 0 Å². The first kappa shape index (κ1) is 32.2. The molecule has 3 rings (SSSR count). The SMILES string of the molecule is CCC(=Cc1ccccc1)P(C1CCCCC1)C1CCCCC1.F[B-](F)(F)F.[Cl][Zr]([Cl])([Cl])[Cl]. The van der Waals surface area contributed by atoms with Crippen LogP contribution in [0, 0.1) is 0 Å². The molecule has 33 heavy (non-hydrogen) atoms. The van der Waals surface area contributed by atoms with Gasteiger partial charge in [0.05, 0.1) is 0 Å². The second-order valence-electron chi connectivity index (χ2n) is 8.31. The predicted octanol–water partition coefficient (Wildman–Crippen LogP) is 11.6. The molecule has 11 heteroatoms. The second kappa shape index (κ2) is 16.9. The Morgan fingerprint density at radius 2 is 1.21 bits per heavy atom. The molecule has 1 aromatic carbocycles. The van der Waals surface area contributed by atoms with E-state index >= 15 is 0 Å². The number of allylic oxidation sites excluding steroid dienone is 1. The summed E-state index contributed by atoms with van der Waals surface area (Å²) in [5, 5.41) is 1.81. The van der Waals surface area contributed by atoms with Gasteiger partial charge in [-0.25, -0.2) is 0 Å². The van der Waals surface area contributed by atoms with Gasteiger partial charge in [0, 0.05) is 0 Å². The summed E-state index contributed by atoms with van der Waals surface area (Å²) in [5.41, 5.74) is 3.47. The van der Waals surface area contributed by atoms with E-state index < -0.39 is 22.7 Å². The average Bonchev–Trinajstić information content (AvgIpc) is 2.73. The maximum atomic E-state index is 9.75. The second-order valence-corrected chi connectivity index (χ2v) is 33.6. The topological polar surface area (TPSA) is 0 Å². The molecule has 0 amide bonds. The predicted molar refractivity (Wildman–Crippen MR) is 139 cm³/mol. The van der Waals surface area contributed by atoms with Gasteiger partial charge < -0.3 is 17.3 Å². The molecule has 0 heterocycles. The van der Waals surface area contributed by atoms with E-state index in [1.807, 2.05) is 5.31 Å². The normalized spacial score (nSPS) is 18.8. The van der Waals surface area contributed by atoms with E-state index in [9.17, 15) is 17.3 Å². The van der Waals surface area contributed by atoms with Crippen LogP contribution in [0.5, 0.6) is 0 Å². The summed E-state index contributed by atoms with van der Waals surface area (Å²) in [6, 6.07) is 11.1. The molecular formula is C22H33BCl4F4PZr-. The molecule has 0 unspecified atom stereocenters. The number of rotatable bonds is 5. The zero-order chi connectivity index (χ0) is 24.9. The molecule has 0 N–H and O–H groups in total. The minimum atomic E-state index is -6.00. The zero-order valence-corrected chi connectivity index (χ0v) is 25.3. The fourth-order valence-corrected chi connectivity index (χ4v) is 8.63. The molecule has 0 nitrogen and oxygen atoms in total. The van der Waals surface area contributed by atoms with Crippen LogP contribution in [0.15, 0.2) is 35.6 Å². The average molecular weight is 648 g/mol. The van der Waals surface area contributed by atoms with Crippen LogP contribution in [-0.2, 0) is 15.5 Å². The van der Waals surface area contributed by atoms with Crippen molar-refractivity contribution in [1.29, 1.82) is 0 Å². The summed E-state index contributed by atoms with van der Waals surface area (Å²) in [5.74, 6) is 0. The van der Waals surface area contributed by atoms with Crippen LogP contribution in [0.25, 0.3) is 6.08 Å². The van der Waals surface area contributed by atoms with Crippen molar-refractivity contribution in [1.82, 2.24) is 0 Å². The standard InChI is InChI=1S/C22H33P.BF4.4ClH.Zr/c1-2-20(18-19-12-6-3-7-13-19)23(21-14-8-4-9-15-21)22-16-10-5-11-17-22;2-1(3,4)5;;;;;/h3,6-7,12-13,18,21-22H,2,4-5,8-11,14-17H2,1H3;;4*1H;/q;-1;;;;;+4/p-4. The van der Waals surface area contributed by atoms with Crippen LogP contribution in [0.4, 0.5) is 17.3 Å². The molecule has 0 spiro atoms. The van der Waals surface area contributed by atoms with Gasteiger partial charge in [-0.3, -0.25) is 0 Å².